The van der Waals surface area contributed by atoms with Gasteiger partial charge in [-0.25, -0.2) is 4.98 Å². The Kier molecular flexibility index (Phi) is 6.86. The van der Waals surface area contributed by atoms with E-state index in [-0.39, 0.29) is 0 Å². The van der Waals surface area contributed by atoms with Gasteiger partial charge in [0.15, 0.2) is 0 Å². The van der Waals surface area contributed by atoms with Crippen molar-refractivity contribution < 1.29 is 0 Å². The highest BCUT2D eigenvalue weighted by Crippen LogP contribution is 2.41. The molecule has 0 fully saturated rings. The van der Waals surface area contributed by atoms with Gasteiger partial charge < -0.3 is 9.13 Å². The summed E-state index contributed by atoms with van der Waals surface area (Å²) in [6.45, 7) is 0. The first kappa shape index (κ1) is 30.4. The Hall–Kier alpha value is -7.23. The summed E-state index contributed by atoms with van der Waals surface area (Å²) in [6, 6.07) is 72.0. The molecule has 0 amide bonds. The summed E-state index contributed by atoms with van der Waals surface area (Å²) in [5.74, 6) is 0. The topological polar surface area (TPSA) is 22.8 Å². The molecule has 0 radical (unpaired) electrons. The molecule has 3 heterocycles. The molecule has 0 unspecified atom stereocenters. The van der Waals surface area contributed by atoms with Crippen molar-refractivity contribution in [1.82, 2.24) is 14.1 Å². The highest BCUT2D eigenvalue weighted by molar-refractivity contribution is 6.19. The van der Waals surface area contributed by atoms with E-state index in [0.717, 1.165) is 33.8 Å². The molecule has 11 aromatic rings. The molecule has 3 nitrogen and oxygen atoms in total. The fraction of sp³-hybridized carbons (Fsp3) is 0. The van der Waals surface area contributed by atoms with Crippen molar-refractivity contribution in [3.63, 3.8) is 0 Å². The van der Waals surface area contributed by atoms with Gasteiger partial charge in [-0.05, 0) is 71.1 Å². The van der Waals surface area contributed by atoms with Crippen LogP contribution in [0.15, 0.2) is 200 Å². The highest BCUT2D eigenvalue weighted by atomic mass is 15.0. The Morgan fingerprint density at radius 2 is 0.833 bits per heavy atom. The number of para-hydroxylation sites is 2. The van der Waals surface area contributed by atoms with Crippen LogP contribution in [0.2, 0.25) is 0 Å². The number of pyridine rings is 1. The second-order valence-electron chi connectivity index (χ2n) is 14.0. The predicted molar refractivity (Wildman–Crippen MR) is 227 cm³/mol. The van der Waals surface area contributed by atoms with Gasteiger partial charge in [-0.2, -0.15) is 0 Å². The van der Waals surface area contributed by atoms with Crippen LogP contribution in [0.3, 0.4) is 0 Å². The van der Waals surface area contributed by atoms with E-state index >= 15 is 0 Å². The van der Waals surface area contributed by atoms with Gasteiger partial charge in [0.05, 0.1) is 39.1 Å². The normalized spacial score (nSPS) is 11.7. The Morgan fingerprint density at radius 3 is 1.57 bits per heavy atom. The average molecular weight is 688 g/mol. The van der Waals surface area contributed by atoms with E-state index in [9.17, 15) is 0 Å². The first-order chi connectivity index (χ1) is 26.8. The van der Waals surface area contributed by atoms with Crippen LogP contribution in [-0.2, 0) is 0 Å². The fourth-order valence-electron chi connectivity index (χ4n) is 8.41. The fourth-order valence-corrected chi connectivity index (χ4v) is 8.41. The van der Waals surface area contributed by atoms with Crippen LogP contribution in [0.1, 0.15) is 0 Å². The number of fused-ring (bicyclic) bond motifs is 7. The SMILES string of the molecule is c1ccc(-c2cc(-c3ccccc3)nc(-c3cccc(-n4c5ccccc5c5cc6c7ccccc7n(-c7cccc8ccccc78)c6cc54)c3)c2)cc1. The van der Waals surface area contributed by atoms with Crippen molar-refractivity contribution in [3.8, 4) is 45.0 Å². The molecule has 54 heavy (non-hydrogen) atoms. The number of benzene rings is 8. The third-order valence-corrected chi connectivity index (χ3v) is 10.9. The Bertz CT molecular complexity index is 3140. The minimum absolute atomic E-state index is 0.941. The van der Waals surface area contributed by atoms with Gasteiger partial charge in [-0.1, -0.05) is 146 Å². The molecule has 252 valence electrons. The van der Waals surface area contributed by atoms with Crippen molar-refractivity contribution in [3.05, 3.63) is 200 Å². The molecule has 11 rings (SSSR count). The molecule has 0 aliphatic heterocycles. The minimum Gasteiger partial charge on any atom is -0.309 e. The summed E-state index contributed by atoms with van der Waals surface area (Å²) < 4.78 is 4.88. The molecular formula is C51H33N3. The van der Waals surface area contributed by atoms with Crippen LogP contribution < -0.4 is 0 Å². The lowest BCUT2D eigenvalue weighted by Crippen LogP contribution is -1.97. The second kappa shape index (κ2) is 12.2. The quantitative estimate of drug-likeness (QED) is 0.177. The maximum atomic E-state index is 5.27. The maximum Gasteiger partial charge on any atom is 0.0716 e. The summed E-state index contributed by atoms with van der Waals surface area (Å²) in [5, 5.41) is 7.43. The van der Waals surface area contributed by atoms with Crippen molar-refractivity contribution in [1.29, 1.82) is 0 Å². The third kappa shape index (κ3) is 4.79. The van der Waals surface area contributed by atoms with E-state index in [4.69, 9.17) is 4.98 Å². The standard InChI is InChI=1S/C51H33N3/c1-3-15-34(16-4-1)38-30-45(36-18-5-2-6-19-36)52-46(31-38)37-21-13-22-39(29-37)53-48-26-11-9-24-41(48)43-32-44-42-25-10-12-27-49(42)54(51(44)33-50(43)53)47-28-14-20-35-17-7-8-23-40(35)47/h1-33H. The van der Waals surface area contributed by atoms with Gasteiger partial charge in [-0.15, -0.1) is 0 Å². The lowest BCUT2D eigenvalue weighted by Gasteiger charge is -2.14. The number of rotatable bonds is 5. The molecule has 8 aromatic carbocycles. The van der Waals surface area contributed by atoms with E-state index in [1.807, 2.05) is 0 Å². The number of hydrogen-bond acceptors (Lipinski definition) is 1. The van der Waals surface area contributed by atoms with Crippen molar-refractivity contribution >= 4 is 54.4 Å². The molecule has 0 N–H and O–H groups in total. The van der Waals surface area contributed by atoms with Gasteiger partial charge in [0.1, 0.15) is 0 Å². The zero-order chi connectivity index (χ0) is 35.6. The largest absolute Gasteiger partial charge is 0.309 e. The molecule has 0 aliphatic rings. The van der Waals surface area contributed by atoms with Crippen LogP contribution in [0.4, 0.5) is 0 Å². The maximum absolute atomic E-state index is 5.27. The van der Waals surface area contributed by atoms with Crippen LogP contribution in [0.5, 0.6) is 0 Å². The number of hydrogen-bond donors (Lipinski definition) is 0. The van der Waals surface area contributed by atoms with Crippen LogP contribution >= 0.6 is 0 Å². The minimum atomic E-state index is 0.941. The summed E-state index contributed by atoms with van der Waals surface area (Å²) >= 11 is 0. The van der Waals surface area contributed by atoms with Gasteiger partial charge >= 0.3 is 0 Å². The van der Waals surface area contributed by atoms with Gasteiger partial charge in [0.25, 0.3) is 0 Å². The van der Waals surface area contributed by atoms with Crippen LogP contribution in [-0.4, -0.2) is 14.1 Å². The van der Waals surface area contributed by atoms with E-state index in [2.05, 4.69) is 209 Å². The highest BCUT2D eigenvalue weighted by Gasteiger charge is 2.20. The van der Waals surface area contributed by atoms with Crippen molar-refractivity contribution in [2.45, 2.75) is 0 Å². The van der Waals surface area contributed by atoms with Gasteiger partial charge in [-0.3, -0.25) is 0 Å². The van der Waals surface area contributed by atoms with Gasteiger partial charge in [0, 0.05) is 43.7 Å². The van der Waals surface area contributed by atoms with Crippen molar-refractivity contribution in [2.24, 2.45) is 0 Å². The van der Waals surface area contributed by atoms with Crippen LogP contribution in [0, 0.1) is 0 Å². The molecule has 3 aromatic heterocycles. The molecule has 0 atom stereocenters. The first-order valence-corrected chi connectivity index (χ1v) is 18.5. The van der Waals surface area contributed by atoms with Gasteiger partial charge in [0.2, 0.25) is 0 Å². The zero-order valence-electron chi connectivity index (χ0n) is 29.4. The Morgan fingerprint density at radius 1 is 0.296 bits per heavy atom. The summed E-state index contributed by atoms with van der Waals surface area (Å²) in [5.41, 5.74) is 13.4. The van der Waals surface area contributed by atoms with Crippen molar-refractivity contribution in [2.75, 3.05) is 0 Å². The lowest BCUT2D eigenvalue weighted by molar-refractivity contribution is 1.17. The monoisotopic (exact) mass is 687 g/mol. The third-order valence-electron chi connectivity index (χ3n) is 10.9. The summed E-state index contributed by atoms with van der Waals surface area (Å²) in [7, 11) is 0. The zero-order valence-corrected chi connectivity index (χ0v) is 29.4. The van der Waals surface area contributed by atoms with E-state index < -0.39 is 0 Å². The lowest BCUT2D eigenvalue weighted by atomic mass is 10.00. The molecule has 0 spiro atoms. The molecular weight excluding hydrogens is 655 g/mol. The van der Waals surface area contributed by atoms with E-state index in [0.29, 0.717) is 0 Å². The van der Waals surface area contributed by atoms with E-state index in [1.54, 1.807) is 0 Å². The molecule has 3 heteroatoms. The molecule has 0 saturated heterocycles. The number of nitrogens with zero attached hydrogens (tertiary/aromatic N) is 3. The Balaban J connectivity index is 1.17. The van der Waals surface area contributed by atoms with E-state index in [1.165, 1.54) is 65.6 Å². The molecule has 0 aliphatic carbocycles. The number of aromatic nitrogens is 3. The molecule has 0 bridgehead atoms. The smallest absolute Gasteiger partial charge is 0.0716 e. The average Bonchev–Trinajstić information content (AvgIpc) is 3.75. The van der Waals surface area contributed by atoms with Crippen LogP contribution in [0.25, 0.3) is 99.4 Å². The Labute approximate surface area is 312 Å². The molecule has 0 saturated carbocycles. The second-order valence-corrected chi connectivity index (χ2v) is 14.0. The predicted octanol–water partition coefficient (Wildman–Crippen LogP) is 13.4. The summed E-state index contributed by atoms with van der Waals surface area (Å²) in [6.07, 6.45) is 0. The first-order valence-electron chi connectivity index (χ1n) is 18.5. The summed E-state index contributed by atoms with van der Waals surface area (Å²) in [4.78, 5) is 5.27.